The van der Waals surface area contributed by atoms with Gasteiger partial charge in [-0.15, -0.1) is 0 Å². The van der Waals surface area contributed by atoms with Gasteiger partial charge in [-0.25, -0.2) is 4.98 Å². The number of imidazole rings is 1. The van der Waals surface area contributed by atoms with Crippen molar-refractivity contribution in [2.24, 2.45) is 7.05 Å². The number of rotatable bonds is 3. The molecule has 24 heavy (non-hydrogen) atoms. The van der Waals surface area contributed by atoms with Crippen molar-refractivity contribution in [1.29, 1.82) is 0 Å². The molecule has 2 aromatic carbocycles. The second-order valence-corrected chi connectivity index (χ2v) is 5.78. The Balaban J connectivity index is 1.80. The van der Waals surface area contributed by atoms with E-state index in [1.54, 1.807) is 6.33 Å². The van der Waals surface area contributed by atoms with Gasteiger partial charge >= 0.3 is 0 Å². The largest absolute Gasteiger partial charge is 0.340 e. The van der Waals surface area contributed by atoms with Crippen LogP contribution in [0, 0.1) is 18.8 Å². The molecule has 0 fully saturated rings. The highest BCUT2D eigenvalue weighted by molar-refractivity contribution is 5.97. The van der Waals surface area contributed by atoms with Crippen molar-refractivity contribution in [3.05, 3.63) is 77.9 Å². The lowest BCUT2D eigenvalue weighted by Gasteiger charge is -2.06. The number of aromatic nitrogens is 2. The third-order valence-corrected chi connectivity index (χ3v) is 3.77. The second-order valence-electron chi connectivity index (χ2n) is 5.78. The third kappa shape index (κ3) is 3.80. The SMILES string of the molecule is Cc1ccc(C#CC(=O)Cc2cn(C)cn2)cc1-c1ccccc1. The van der Waals surface area contributed by atoms with Gasteiger partial charge in [0.25, 0.3) is 0 Å². The molecule has 0 aliphatic heterocycles. The van der Waals surface area contributed by atoms with E-state index in [4.69, 9.17) is 0 Å². The fourth-order valence-electron chi connectivity index (χ4n) is 2.54. The minimum absolute atomic E-state index is 0.129. The molecule has 0 unspecified atom stereocenters. The minimum atomic E-state index is -0.129. The van der Waals surface area contributed by atoms with E-state index in [1.807, 2.05) is 54.2 Å². The zero-order valence-electron chi connectivity index (χ0n) is 13.8. The molecule has 0 aliphatic carbocycles. The molecule has 1 heterocycles. The fraction of sp³-hybridized carbons (Fsp3) is 0.143. The number of carbonyl (C=O) groups excluding carboxylic acids is 1. The van der Waals surface area contributed by atoms with Gasteiger partial charge in [-0.3, -0.25) is 4.79 Å². The molecule has 3 nitrogen and oxygen atoms in total. The average Bonchev–Trinajstić information content (AvgIpc) is 2.99. The summed E-state index contributed by atoms with van der Waals surface area (Å²) in [4.78, 5) is 16.1. The maximum Gasteiger partial charge on any atom is 0.211 e. The zero-order valence-corrected chi connectivity index (χ0v) is 13.8. The zero-order chi connectivity index (χ0) is 16.9. The first kappa shape index (κ1) is 15.8. The first-order valence-corrected chi connectivity index (χ1v) is 7.79. The lowest BCUT2D eigenvalue weighted by molar-refractivity contribution is -0.113. The lowest BCUT2D eigenvalue weighted by Crippen LogP contribution is -1.99. The molecule has 0 saturated carbocycles. The summed E-state index contributed by atoms with van der Waals surface area (Å²) < 4.78 is 1.82. The van der Waals surface area contributed by atoms with Crippen LogP contribution in [0.3, 0.4) is 0 Å². The van der Waals surface area contributed by atoms with Crippen LogP contribution < -0.4 is 0 Å². The highest BCUT2D eigenvalue weighted by Crippen LogP contribution is 2.24. The Morgan fingerprint density at radius 3 is 2.67 bits per heavy atom. The van der Waals surface area contributed by atoms with E-state index in [0.29, 0.717) is 0 Å². The smallest absolute Gasteiger partial charge is 0.211 e. The molecule has 3 aromatic rings. The maximum absolute atomic E-state index is 12.0. The van der Waals surface area contributed by atoms with Gasteiger partial charge in [0.15, 0.2) is 0 Å². The Hall–Kier alpha value is -3.12. The summed E-state index contributed by atoms with van der Waals surface area (Å²) in [5, 5.41) is 0. The number of carbonyl (C=O) groups is 1. The summed E-state index contributed by atoms with van der Waals surface area (Å²) in [5.74, 6) is 5.56. The second kappa shape index (κ2) is 6.97. The number of aryl methyl sites for hydroxylation is 2. The molecular formula is C21H18N2O. The molecule has 0 N–H and O–H groups in total. The Morgan fingerprint density at radius 2 is 1.96 bits per heavy atom. The molecule has 0 amide bonds. The first-order valence-electron chi connectivity index (χ1n) is 7.79. The summed E-state index contributed by atoms with van der Waals surface area (Å²) in [6.07, 6.45) is 3.76. The van der Waals surface area contributed by atoms with Crippen LogP contribution >= 0.6 is 0 Å². The maximum atomic E-state index is 12.0. The van der Waals surface area contributed by atoms with Crippen LogP contribution in [-0.4, -0.2) is 15.3 Å². The summed E-state index contributed by atoms with van der Waals surface area (Å²) in [7, 11) is 1.88. The van der Waals surface area contributed by atoms with E-state index in [2.05, 4.69) is 35.9 Å². The Labute approximate surface area is 142 Å². The van der Waals surface area contributed by atoms with Crippen molar-refractivity contribution < 1.29 is 4.79 Å². The van der Waals surface area contributed by atoms with Crippen LogP contribution in [0.5, 0.6) is 0 Å². The molecule has 118 valence electrons. The van der Waals surface area contributed by atoms with Crippen LogP contribution in [0.1, 0.15) is 16.8 Å². The van der Waals surface area contributed by atoms with Crippen LogP contribution in [0.4, 0.5) is 0 Å². The number of hydrogen-bond acceptors (Lipinski definition) is 2. The number of hydrogen-bond donors (Lipinski definition) is 0. The summed E-state index contributed by atoms with van der Waals surface area (Å²) in [6.45, 7) is 2.08. The molecule has 0 radical (unpaired) electrons. The van der Waals surface area contributed by atoms with Crippen LogP contribution in [0.2, 0.25) is 0 Å². The summed E-state index contributed by atoms with van der Waals surface area (Å²) >= 11 is 0. The van der Waals surface area contributed by atoms with Gasteiger partial charge in [0.05, 0.1) is 18.4 Å². The van der Waals surface area contributed by atoms with Gasteiger partial charge in [0.1, 0.15) is 0 Å². The third-order valence-electron chi connectivity index (χ3n) is 3.77. The molecule has 0 spiro atoms. The van der Waals surface area contributed by atoms with Gasteiger partial charge < -0.3 is 4.57 Å². The fourth-order valence-corrected chi connectivity index (χ4v) is 2.54. The van der Waals surface area contributed by atoms with Crippen molar-refractivity contribution in [1.82, 2.24) is 9.55 Å². The highest BCUT2D eigenvalue weighted by atomic mass is 16.1. The average molecular weight is 314 g/mol. The predicted molar refractivity (Wildman–Crippen MR) is 95.4 cm³/mol. The van der Waals surface area contributed by atoms with E-state index in [-0.39, 0.29) is 12.2 Å². The number of ketones is 1. The van der Waals surface area contributed by atoms with Gasteiger partial charge in [-0.2, -0.15) is 0 Å². The van der Waals surface area contributed by atoms with E-state index >= 15 is 0 Å². The monoisotopic (exact) mass is 314 g/mol. The summed E-state index contributed by atoms with van der Waals surface area (Å²) in [5.41, 5.74) is 5.06. The highest BCUT2D eigenvalue weighted by Gasteiger charge is 2.04. The van der Waals surface area contributed by atoms with Gasteiger partial charge in [0, 0.05) is 18.8 Å². The number of Topliss-reactive ketones (excluding diaryl/α,β-unsaturated/α-hetero) is 1. The summed E-state index contributed by atoms with van der Waals surface area (Å²) in [6, 6.07) is 16.2. The van der Waals surface area contributed by atoms with Crippen LogP contribution in [0.15, 0.2) is 61.1 Å². The molecule has 1 aromatic heterocycles. The normalized spacial score (nSPS) is 10.1. The quantitative estimate of drug-likeness (QED) is 0.693. The molecular weight excluding hydrogens is 296 g/mol. The van der Waals surface area contributed by atoms with Crippen LogP contribution in [0.25, 0.3) is 11.1 Å². The molecule has 3 rings (SSSR count). The Morgan fingerprint density at radius 1 is 1.17 bits per heavy atom. The molecule has 0 bridgehead atoms. The van der Waals surface area contributed by atoms with Gasteiger partial charge in [-0.1, -0.05) is 42.3 Å². The topological polar surface area (TPSA) is 34.9 Å². The van der Waals surface area contributed by atoms with E-state index in [1.165, 1.54) is 5.56 Å². The molecule has 0 aliphatic rings. The van der Waals surface area contributed by atoms with E-state index in [0.717, 1.165) is 22.4 Å². The van der Waals surface area contributed by atoms with Crippen molar-refractivity contribution in [2.45, 2.75) is 13.3 Å². The van der Waals surface area contributed by atoms with Gasteiger partial charge in [-0.05, 0) is 41.7 Å². The minimum Gasteiger partial charge on any atom is -0.340 e. The first-order chi connectivity index (χ1) is 11.6. The lowest BCUT2D eigenvalue weighted by atomic mass is 9.98. The predicted octanol–water partition coefficient (Wildman–Crippen LogP) is 3.56. The van der Waals surface area contributed by atoms with Crippen LogP contribution in [-0.2, 0) is 18.3 Å². The van der Waals surface area contributed by atoms with Gasteiger partial charge in [0.2, 0.25) is 5.78 Å². The number of nitrogens with zero attached hydrogens (tertiary/aromatic N) is 2. The Kier molecular flexibility index (Phi) is 4.58. The molecule has 0 atom stereocenters. The standard InChI is InChI=1S/C21H18N2O/c1-16-8-9-17(12-21(16)18-6-4-3-5-7-18)10-11-20(24)13-19-14-23(2)15-22-19/h3-9,12,14-15H,13H2,1-2H3. The number of benzene rings is 2. The molecule has 3 heteroatoms. The van der Waals surface area contributed by atoms with Crippen molar-refractivity contribution in [2.75, 3.05) is 0 Å². The van der Waals surface area contributed by atoms with E-state index in [9.17, 15) is 4.79 Å². The molecule has 0 saturated heterocycles. The van der Waals surface area contributed by atoms with Crippen molar-refractivity contribution >= 4 is 5.78 Å². The van der Waals surface area contributed by atoms with Crippen molar-refractivity contribution in [3.8, 4) is 23.0 Å². The Bertz CT molecular complexity index is 927. The van der Waals surface area contributed by atoms with E-state index < -0.39 is 0 Å². The van der Waals surface area contributed by atoms with Crippen molar-refractivity contribution in [3.63, 3.8) is 0 Å².